The lowest BCUT2D eigenvalue weighted by Crippen LogP contribution is -2.33. The molecule has 1 atom stereocenters. The van der Waals surface area contributed by atoms with E-state index in [1.807, 2.05) is 30.3 Å². The lowest BCUT2D eigenvalue weighted by Gasteiger charge is -2.06. The van der Waals surface area contributed by atoms with Crippen molar-refractivity contribution in [3.63, 3.8) is 0 Å². The van der Waals surface area contributed by atoms with Crippen LogP contribution in [-0.2, 0) is 15.3 Å². The van der Waals surface area contributed by atoms with E-state index >= 15 is 0 Å². The minimum Gasteiger partial charge on any atom is -0.468 e. The number of rotatable bonds is 6. The predicted octanol–water partition coefficient (Wildman–Crippen LogP) is 1.47. The van der Waals surface area contributed by atoms with Gasteiger partial charge in [0.2, 0.25) is 0 Å². The lowest BCUT2D eigenvalue weighted by atomic mass is 10.2. The maximum absolute atomic E-state index is 11.1. The topological polar surface area (TPSA) is 91.2 Å². The van der Waals surface area contributed by atoms with E-state index in [-0.39, 0.29) is 0 Å². The van der Waals surface area contributed by atoms with Crippen LogP contribution in [0.4, 0.5) is 0 Å². The van der Waals surface area contributed by atoms with E-state index < -0.39 is 12.0 Å². The number of aromatic nitrogens is 2. The van der Waals surface area contributed by atoms with Crippen LogP contribution in [0.3, 0.4) is 0 Å². The van der Waals surface area contributed by atoms with Gasteiger partial charge in [-0.05, 0) is 12.1 Å². The summed E-state index contributed by atoms with van der Waals surface area (Å²) in [5, 5.41) is 3.89. The van der Waals surface area contributed by atoms with E-state index in [4.69, 9.17) is 10.3 Å². The molecule has 1 aromatic carbocycles. The molecule has 0 radical (unpaired) electrons. The molecule has 6 nitrogen and oxygen atoms in total. The van der Waals surface area contributed by atoms with Crippen LogP contribution in [0.5, 0.6) is 0 Å². The van der Waals surface area contributed by atoms with Crippen LogP contribution in [0.1, 0.15) is 5.82 Å². The molecule has 0 aliphatic carbocycles. The molecule has 106 valence electrons. The number of hydrogen-bond donors (Lipinski definition) is 1. The fraction of sp³-hybridized carbons (Fsp3) is 0.308. The average Bonchev–Trinajstić information content (AvgIpc) is 2.96. The van der Waals surface area contributed by atoms with Crippen LogP contribution in [0, 0.1) is 0 Å². The van der Waals surface area contributed by atoms with Crippen LogP contribution in [0.25, 0.3) is 11.5 Å². The highest BCUT2D eigenvalue weighted by atomic mass is 32.2. The Morgan fingerprint density at radius 2 is 2.20 bits per heavy atom. The zero-order valence-corrected chi connectivity index (χ0v) is 11.8. The Morgan fingerprint density at radius 1 is 1.45 bits per heavy atom. The summed E-state index contributed by atoms with van der Waals surface area (Å²) in [6.45, 7) is 0. The van der Waals surface area contributed by atoms with Gasteiger partial charge in [0.1, 0.15) is 6.04 Å². The Hall–Kier alpha value is -1.86. The van der Waals surface area contributed by atoms with E-state index in [0.717, 1.165) is 5.56 Å². The Morgan fingerprint density at radius 3 is 2.90 bits per heavy atom. The summed E-state index contributed by atoms with van der Waals surface area (Å²) >= 11 is 1.46. The molecule has 20 heavy (non-hydrogen) atoms. The molecule has 1 heterocycles. The molecule has 0 aliphatic rings. The number of thioether (sulfide) groups is 1. The molecular formula is C13H15N3O3S. The van der Waals surface area contributed by atoms with E-state index in [1.54, 1.807) is 0 Å². The van der Waals surface area contributed by atoms with Gasteiger partial charge in [-0.3, -0.25) is 4.79 Å². The molecule has 0 amide bonds. The number of carbonyl (C=O) groups is 1. The molecular weight excluding hydrogens is 278 g/mol. The minimum atomic E-state index is -0.634. The van der Waals surface area contributed by atoms with Gasteiger partial charge in [-0.2, -0.15) is 16.7 Å². The largest absolute Gasteiger partial charge is 0.468 e. The van der Waals surface area contributed by atoms with Crippen LogP contribution in [0.15, 0.2) is 34.9 Å². The minimum absolute atomic E-state index is 0.421. The maximum Gasteiger partial charge on any atom is 0.323 e. The zero-order valence-electron chi connectivity index (χ0n) is 11.0. The third kappa shape index (κ3) is 3.82. The molecule has 2 aromatic rings. The number of benzene rings is 1. The van der Waals surface area contributed by atoms with Gasteiger partial charge in [-0.25, -0.2) is 0 Å². The lowest BCUT2D eigenvalue weighted by molar-refractivity contribution is -0.141. The van der Waals surface area contributed by atoms with Crippen molar-refractivity contribution < 1.29 is 14.1 Å². The van der Waals surface area contributed by atoms with Gasteiger partial charge in [-0.1, -0.05) is 23.4 Å². The Labute approximate surface area is 120 Å². The van der Waals surface area contributed by atoms with Crippen molar-refractivity contribution in [1.82, 2.24) is 10.1 Å². The molecule has 0 aliphatic heterocycles. The smallest absolute Gasteiger partial charge is 0.323 e. The average molecular weight is 293 g/mol. The van der Waals surface area contributed by atoms with Gasteiger partial charge in [0.15, 0.2) is 5.82 Å². The van der Waals surface area contributed by atoms with Crippen molar-refractivity contribution in [3.8, 4) is 11.5 Å². The van der Waals surface area contributed by atoms with Gasteiger partial charge in [0.05, 0.1) is 12.9 Å². The maximum atomic E-state index is 11.1. The SMILES string of the molecule is COC(=O)C(N)CSCc1noc(-c2ccccc2)n1. The quantitative estimate of drug-likeness (QED) is 0.806. The summed E-state index contributed by atoms with van der Waals surface area (Å²) in [5.41, 5.74) is 6.51. The molecule has 1 unspecified atom stereocenters. The highest BCUT2D eigenvalue weighted by molar-refractivity contribution is 7.98. The second-order valence-electron chi connectivity index (χ2n) is 4.03. The van der Waals surface area contributed by atoms with E-state index in [1.165, 1.54) is 18.9 Å². The molecule has 2 rings (SSSR count). The second kappa shape index (κ2) is 7.06. The number of hydrogen-bond acceptors (Lipinski definition) is 7. The van der Waals surface area contributed by atoms with Gasteiger partial charge >= 0.3 is 5.97 Å². The van der Waals surface area contributed by atoms with Gasteiger partial charge in [0, 0.05) is 11.3 Å². The number of methoxy groups -OCH3 is 1. The molecule has 0 bridgehead atoms. The number of nitrogens with zero attached hydrogens (tertiary/aromatic N) is 2. The molecule has 0 fully saturated rings. The van der Waals surface area contributed by atoms with Crippen LogP contribution in [0.2, 0.25) is 0 Å². The van der Waals surface area contributed by atoms with Gasteiger partial charge in [0.25, 0.3) is 5.89 Å². The number of esters is 1. The van der Waals surface area contributed by atoms with E-state index in [2.05, 4.69) is 14.9 Å². The first-order valence-corrected chi connectivity index (χ1v) is 7.15. The summed E-state index contributed by atoms with van der Waals surface area (Å²) < 4.78 is 9.73. The molecule has 0 saturated carbocycles. The van der Waals surface area contributed by atoms with Crippen molar-refractivity contribution in [2.45, 2.75) is 11.8 Å². The van der Waals surface area contributed by atoms with Crippen molar-refractivity contribution >= 4 is 17.7 Å². The molecule has 2 N–H and O–H groups in total. The number of ether oxygens (including phenoxy) is 1. The molecule has 0 saturated heterocycles. The first-order chi connectivity index (χ1) is 9.70. The normalized spacial score (nSPS) is 12.1. The summed E-state index contributed by atoms with van der Waals surface area (Å²) in [4.78, 5) is 15.4. The fourth-order valence-electron chi connectivity index (χ4n) is 1.51. The molecule has 0 spiro atoms. The van der Waals surface area contributed by atoms with Crippen molar-refractivity contribution in [3.05, 3.63) is 36.2 Å². The van der Waals surface area contributed by atoms with Crippen LogP contribution >= 0.6 is 11.8 Å². The van der Waals surface area contributed by atoms with Crippen LogP contribution in [-0.4, -0.2) is 35.0 Å². The van der Waals surface area contributed by atoms with Crippen molar-refractivity contribution in [1.29, 1.82) is 0 Å². The second-order valence-corrected chi connectivity index (χ2v) is 5.06. The third-order valence-corrected chi connectivity index (χ3v) is 3.58. The van der Waals surface area contributed by atoms with Crippen molar-refractivity contribution in [2.75, 3.05) is 12.9 Å². The van der Waals surface area contributed by atoms with Crippen LogP contribution < -0.4 is 5.73 Å². The highest BCUT2D eigenvalue weighted by Gasteiger charge is 2.14. The monoisotopic (exact) mass is 293 g/mol. The highest BCUT2D eigenvalue weighted by Crippen LogP contribution is 2.18. The zero-order chi connectivity index (χ0) is 14.4. The predicted molar refractivity (Wildman–Crippen MR) is 75.9 cm³/mol. The first-order valence-electron chi connectivity index (χ1n) is 6.00. The van der Waals surface area contributed by atoms with E-state index in [9.17, 15) is 4.79 Å². The summed E-state index contributed by atoms with van der Waals surface area (Å²) in [6.07, 6.45) is 0. The van der Waals surface area contributed by atoms with Crippen molar-refractivity contribution in [2.24, 2.45) is 5.73 Å². The van der Waals surface area contributed by atoms with Gasteiger partial charge < -0.3 is 15.0 Å². The number of nitrogens with two attached hydrogens (primary N) is 1. The number of carbonyl (C=O) groups excluding carboxylic acids is 1. The first kappa shape index (κ1) is 14.5. The Balaban J connectivity index is 1.86. The summed E-state index contributed by atoms with van der Waals surface area (Å²) in [5.74, 6) is 1.61. The summed E-state index contributed by atoms with van der Waals surface area (Å²) in [6, 6.07) is 8.90. The molecule has 7 heteroatoms. The Kier molecular flexibility index (Phi) is 5.14. The molecule has 1 aromatic heterocycles. The standard InChI is InChI=1S/C13H15N3O3S/c1-18-13(17)10(14)7-20-8-11-15-12(19-16-11)9-5-3-2-4-6-9/h2-6,10H,7-8,14H2,1H3. The third-order valence-electron chi connectivity index (χ3n) is 2.52. The Bertz CT molecular complexity index is 559. The van der Waals surface area contributed by atoms with Gasteiger partial charge in [-0.15, -0.1) is 0 Å². The fourth-order valence-corrected chi connectivity index (χ4v) is 2.31. The summed E-state index contributed by atoms with van der Waals surface area (Å²) in [7, 11) is 1.32. The van der Waals surface area contributed by atoms with E-state index in [0.29, 0.717) is 23.2 Å².